The van der Waals surface area contributed by atoms with E-state index in [0.717, 1.165) is 0 Å². The summed E-state index contributed by atoms with van der Waals surface area (Å²) >= 11 is 0. The van der Waals surface area contributed by atoms with E-state index in [-0.39, 0.29) is 17.1 Å². The molecule has 0 unspecified atom stereocenters. The summed E-state index contributed by atoms with van der Waals surface area (Å²) in [4.78, 5) is 0. The summed E-state index contributed by atoms with van der Waals surface area (Å²) in [5.41, 5.74) is 0.258. The second kappa shape index (κ2) is 3.58. The maximum atomic E-state index is 9.38. The van der Waals surface area contributed by atoms with Crippen molar-refractivity contribution in [2.45, 2.75) is 58.8 Å². The Bertz CT molecular complexity index is 306. The second-order valence-electron chi connectivity index (χ2n) is 6.35. The summed E-state index contributed by atoms with van der Waals surface area (Å²) in [5.74, 6) is 1.07. The molecular formula is C14H24O2. The van der Waals surface area contributed by atoms with Gasteiger partial charge < -0.3 is 9.84 Å². The Labute approximate surface area is 98.7 Å². The molecule has 0 bridgehead atoms. The van der Waals surface area contributed by atoms with Crippen molar-refractivity contribution in [3.63, 3.8) is 0 Å². The van der Waals surface area contributed by atoms with Gasteiger partial charge in [0.25, 0.3) is 0 Å². The number of rotatable bonds is 2. The van der Waals surface area contributed by atoms with Crippen molar-refractivity contribution in [3.05, 3.63) is 12.2 Å². The normalized spacial score (nSPS) is 47.8. The molecule has 2 rings (SSSR count). The lowest BCUT2D eigenvalue weighted by molar-refractivity contribution is 0.0813. The van der Waals surface area contributed by atoms with Gasteiger partial charge in [0.05, 0.1) is 17.8 Å². The molecular weight excluding hydrogens is 200 g/mol. The maximum absolute atomic E-state index is 9.38. The van der Waals surface area contributed by atoms with Gasteiger partial charge in [0.1, 0.15) is 0 Å². The molecule has 1 N–H and O–H groups in total. The Morgan fingerprint density at radius 1 is 1.38 bits per heavy atom. The van der Waals surface area contributed by atoms with Crippen molar-refractivity contribution in [1.29, 1.82) is 0 Å². The van der Waals surface area contributed by atoms with E-state index in [1.807, 2.05) is 6.08 Å². The van der Waals surface area contributed by atoms with E-state index in [2.05, 4.69) is 33.8 Å². The highest BCUT2D eigenvalue weighted by Crippen LogP contribution is 2.60. The predicted molar refractivity (Wildman–Crippen MR) is 65.2 cm³/mol. The van der Waals surface area contributed by atoms with Crippen LogP contribution in [0.25, 0.3) is 0 Å². The van der Waals surface area contributed by atoms with E-state index in [1.165, 1.54) is 6.42 Å². The fourth-order valence-corrected chi connectivity index (χ4v) is 3.21. The Kier molecular flexibility index (Phi) is 2.71. The van der Waals surface area contributed by atoms with Gasteiger partial charge in [-0.2, -0.15) is 0 Å². The molecule has 0 radical (unpaired) electrons. The number of aliphatic hydroxyl groups is 1. The zero-order valence-electron chi connectivity index (χ0n) is 11.0. The molecule has 1 aliphatic carbocycles. The van der Waals surface area contributed by atoms with E-state index in [1.54, 1.807) is 6.92 Å². The highest BCUT2D eigenvalue weighted by molar-refractivity contribution is 5.19. The SMILES string of the molecule is C[C@H](O)/C=C/[C@@H]1C(C)(C)[C@H](C)C[C@H]2O[C@@]12C. The van der Waals surface area contributed by atoms with Crippen LogP contribution in [0.4, 0.5) is 0 Å². The van der Waals surface area contributed by atoms with E-state index >= 15 is 0 Å². The van der Waals surface area contributed by atoms with Gasteiger partial charge in [0.15, 0.2) is 0 Å². The summed E-state index contributed by atoms with van der Waals surface area (Å²) in [6, 6.07) is 0. The molecule has 92 valence electrons. The smallest absolute Gasteiger partial charge is 0.0987 e. The lowest BCUT2D eigenvalue weighted by Gasteiger charge is -2.43. The van der Waals surface area contributed by atoms with Crippen molar-refractivity contribution in [2.24, 2.45) is 17.3 Å². The van der Waals surface area contributed by atoms with Crippen LogP contribution in [0.3, 0.4) is 0 Å². The molecule has 1 aliphatic heterocycles. The quantitative estimate of drug-likeness (QED) is 0.578. The van der Waals surface area contributed by atoms with E-state index in [9.17, 15) is 5.11 Å². The van der Waals surface area contributed by atoms with Crippen LogP contribution in [0.5, 0.6) is 0 Å². The molecule has 16 heavy (non-hydrogen) atoms. The first-order chi connectivity index (χ1) is 7.28. The van der Waals surface area contributed by atoms with Gasteiger partial charge in [-0.15, -0.1) is 0 Å². The zero-order chi connectivity index (χ0) is 12.1. The first kappa shape index (κ1) is 12.1. The molecule has 2 nitrogen and oxygen atoms in total. The first-order valence-corrected chi connectivity index (χ1v) is 6.32. The molecule has 0 spiro atoms. The van der Waals surface area contributed by atoms with Crippen molar-refractivity contribution >= 4 is 0 Å². The third-order valence-electron chi connectivity index (χ3n) is 4.82. The van der Waals surface area contributed by atoms with Crippen LogP contribution in [0.15, 0.2) is 12.2 Å². The topological polar surface area (TPSA) is 32.8 Å². The van der Waals surface area contributed by atoms with Gasteiger partial charge in [0.2, 0.25) is 0 Å². The third-order valence-corrected chi connectivity index (χ3v) is 4.82. The van der Waals surface area contributed by atoms with Gasteiger partial charge >= 0.3 is 0 Å². The fourth-order valence-electron chi connectivity index (χ4n) is 3.21. The van der Waals surface area contributed by atoms with Crippen molar-refractivity contribution in [3.8, 4) is 0 Å². The number of aliphatic hydroxyl groups excluding tert-OH is 1. The molecule has 0 aromatic rings. The van der Waals surface area contributed by atoms with Gasteiger partial charge in [-0.1, -0.05) is 32.9 Å². The lowest BCUT2D eigenvalue weighted by atomic mass is 9.59. The van der Waals surface area contributed by atoms with Crippen LogP contribution in [0, 0.1) is 17.3 Å². The van der Waals surface area contributed by atoms with Crippen LogP contribution in [-0.2, 0) is 4.74 Å². The molecule has 2 aliphatic rings. The number of fused-ring (bicyclic) bond motifs is 1. The molecule has 2 heteroatoms. The highest BCUT2D eigenvalue weighted by Gasteiger charge is 2.65. The molecule has 1 saturated heterocycles. The third kappa shape index (κ3) is 1.72. The lowest BCUT2D eigenvalue weighted by Crippen LogP contribution is -2.44. The fraction of sp³-hybridized carbons (Fsp3) is 0.857. The van der Waals surface area contributed by atoms with Crippen molar-refractivity contribution < 1.29 is 9.84 Å². The average Bonchev–Trinajstić information content (AvgIpc) is 2.75. The summed E-state index contributed by atoms with van der Waals surface area (Å²) in [7, 11) is 0. The molecule has 1 saturated carbocycles. The minimum absolute atomic E-state index is 0.0153. The van der Waals surface area contributed by atoms with Gasteiger partial charge in [-0.3, -0.25) is 0 Å². The molecule has 0 aromatic carbocycles. The largest absolute Gasteiger partial charge is 0.389 e. The summed E-state index contributed by atoms with van der Waals surface area (Å²) in [6.45, 7) is 11.0. The van der Waals surface area contributed by atoms with E-state index in [4.69, 9.17) is 4.74 Å². The molecule has 0 aromatic heterocycles. The molecule has 2 fully saturated rings. The van der Waals surface area contributed by atoms with Gasteiger partial charge in [-0.25, -0.2) is 0 Å². The average molecular weight is 224 g/mol. The summed E-state index contributed by atoms with van der Waals surface area (Å²) in [6.07, 6.45) is 5.30. The van der Waals surface area contributed by atoms with Gasteiger partial charge in [-0.05, 0) is 31.6 Å². The van der Waals surface area contributed by atoms with E-state index < -0.39 is 0 Å². The zero-order valence-corrected chi connectivity index (χ0v) is 11.0. The molecule has 0 amide bonds. The van der Waals surface area contributed by atoms with E-state index in [0.29, 0.717) is 17.9 Å². The Hall–Kier alpha value is -0.340. The second-order valence-corrected chi connectivity index (χ2v) is 6.35. The van der Waals surface area contributed by atoms with Crippen molar-refractivity contribution in [1.82, 2.24) is 0 Å². The van der Waals surface area contributed by atoms with Crippen LogP contribution < -0.4 is 0 Å². The summed E-state index contributed by atoms with van der Waals surface area (Å²) < 4.78 is 5.88. The van der Waals surface area contributed by atoms with Crippen LogP contribution in [0.2, 0.25) is 0 Å². The summed E-state index contributed by atoms with van der Waals surface area (Å²) in [5, 5.41) is 9.38. The predicted octanol–water partition coefficient (Wildman–Crippen LogP) is 2.76. The maximum Gasteiger partial charge on any atom is 0.0987 e. The first-order valence-electron chi connectivity index (χ1n) is 6.32. The highest BCUT2D eigenvalue weighted by atomic mass is 16.6. The molecule has 1 heterocycles. The number of hydrogen-bond acceptors (Lipinski definition) is 2. The Morgan fingerprint density at radius 2 is 2.00 bits per heavy atom. The minimum atomic E-state index is -0.367. The van der Waals surface area contributed by atoms with Gasteiger partial charge in [0, 0.05) is 5.92 Å². The Balaban J connectivity index is 2.24. The standard InChI is InChI=1S/C14H24O2/c1-9-8-12-14(5,16-12)11(13(9,3)4)7-6-10(2)15/h6-7,9-12,15H,8H2,1-5H3/b7-6+/t9-,10+,11-,12-,14+/m1/s1. The number of epoxide rings is 1. The van der Waals surface area contributed by atoms with Crippen LogP contribution in [-0.4, -0.2) is 22.9 Å². The monoisotopic (exact) mass is 224 g/mol. The minimum Gasteiger partial charge on any atom is -0.389 e. The van der Waals surface area contributed by atoms with Crippen LogP contribution >= 0.6 is 0 Å². The number of ether oxygens (including phenoxy) is 1. The number of hydrogen-bond donors (Lipinski definition) is 1. The van der Waals surface area contributed by atoms with Crippen molar-refractivity contribution in [2.75, 3.05) is 0 Å². The molecule has 5 atom stereocenters. The van der Waals surface area contributed by atoms with Crippen LogP contribution in [0.1, 0.15) is 41.0 Å². The Morgan fingerprint density at radius 3 is 2.56 bits per heavy atom.